The van der Waals surface area contributed by atoms with Crippen molar-refractivity contribution in [2.75, 3.05) is 13.2 Å². The van der Waals surface area contributed by atoms with E-state index in [-0.39, 0.29) is 31.1 Å². The topological polar surface area (TPSA) is 78.9 Å². The number of unbranched alkanes of at least 4 members (excludes halogenated alkanes) is 43. The van der Waals surface area contributed by atoms with E-state index in [9.17, 15) is 14.4 Å². The fourth-order valence-electron chi connectivity index (χ4n) is 9.93. The van der Waals surface area contributed by atoms with E-state index in [1.807, 2.05) is 0 Å². The van der Waals surface area contributed by atoms with Crippen LogP contribution in [0.4, 0.5) is 0 Å². The van der Waals surface area contributed by atoms with Gasteiger partial charge in [0.1, 0.15) is 13.2 Å². The lowest BCUT2D eigenvalue weighted by Gasteiger charge is -2.18. The first-order valence-electron chi connectivity index (χ1n) is 31.7. The van der Waals surface area contributed by atoms with E-state index in [1.54, 1.807) is 0 Å². The van der Waals surface area contributed by atoms with E-state index < -0.39 is 6.10 Å². The molecule has 0 fully saturated rings. The van der Waals surface area contributed by atoms with Crippen LogP contribution in [-0.4, -0.2) is 37.2 Å². The smallest absolute Gasteiger partial charge is 0.306 e. The Morgan fingerprint density at radius 2 is 0.471 bits per heavy atom. The monoisotopic (exact) mass is 989 g/mol. The molecule has 0 saturated carbocycles. The van der Waals surface area contributed by atoms with E-state index in [4.69, 9.17) is 14.2 Å². The molecular weight excluding hydrogens is 865 g/mol. The highest BCUT2D eigenvalue weighted by atomic mass is 16.6. The Balaban J connectivity index is 4.27. The lowest BCUT2D eigenvalue weighted by atomic mass is 10.0. The van der Waals surface area contributed by atoms with Gasteiger partial charge in [-0.1, -0.05) is 324 Å². The van der Waals surface area contributed by atoms with Gasteiger partial charge in [-0.3, -0.25) is 14.4 Å². The number of carbonyl (C=O) groups is 3. The standard InChI is InChI=1S/C64H124O6/c1-6-7-8-9-10-11-12-13-14-20-23-29-34-39-44-49-54-62(65)68-57-61(58-69-63(66)55-50-45-40-35-30-26-25-28-33-38-43-48-53-60(4)5)70-64(67)56-51-46-41-36-31-24-21-18-16-15-17-19-22-27-32-37-42-47-52-59(2)3/h59-61H,6-58H2,1-5H3/t61-/m0/s1. The van der Waals surface area contributed by atoms with Crippen LogP contribution in [-0.2, 0) is 28.6 Å². The van der Waals surface area contributed by atoms with Gasteiger partial charge in [0, 0.05) is 19.3 Å². The minimum absolute atomic E-state index is 0.0619. The second-order valence-corrected chi connectivity index (χ2v) is 23.0. The minimum Gasteiger partial charge on any atom is -0.462 e. The van der Waals surface area contributed by atoms with Gasteiger partial charge in [0.05, 0.1) is 0 Å². The predicted octanol–water partition coefficient (Wildman–Crippen LogP) is 21.2. The van der Waals surface area contributed by atoms with E-state index in [1.165, 1.54) is 250 Å². The molecule has 0 aromatic heterocycles. The molecule has 0 spiro atoms. The Morgan fingerprint density at radius 3 is 0.700 bits per heavy atom. The van der Waals surface area contributed by atoms with Crippen molar-refractivity contribution < 1.29 is 28.6 Å². The second kappa shape index (κ2) is 56.7. The molecule has 0 unspecified atom stereocenters. The fourth-order valence-corrected chi connectivity index (χ4v) is 9.93. The van der Waals surface area contributed by atoms with Gasteiger partial charge in [-0.25, -0.2) is 0 Å². The second-order valence-electron chi connectivity index (χ2n) is 23.0. The Morgan fingerprint density at radius 1 is 0.271 bits per heavy atom. The molecule has 0 heterocycles. The van der Waals surface area contributed by atoms with Gasteiger partial charge in [-0.2, -0.15) is 0 Å². The maximum Gasteiger partial charge on any atom is 0.306 e. The van der Waals surface area contributed by atoms with Gasteiger partial charge >= 0.3 is 17.9 Å². The first-order valence-corrected chi connectivity index (χ1v) is 31.7. The summed E-state index contributed by atoms with van der Waals surface area (Å²) in [5, 5.41) is 0. The van der Waals surface area contributed by atoms with Crippen LogP contribution in [0.2, 0.25) is 0 Å². The van der Waals surface area contributed by atoms with Gasteiger partial charge in [0.25, 0.3) is 0 Å². The largest absolute Gasteiger partial charge is 0.462 e. The molecule has 416 valence electrons. The van der Waals surface area contributed by atoms with E-state index >= 15 is 0 Å². The Labute approximate surface area is 438 Å². The highest BCUT2D eigenvalue weighted by molar-refractivity contribution is 5.71. The summed E-state index contributed by atoms with van der Waals surface area (Å²) in [5.41, 5.74) is 0. The third-order valence-electron chi connectivity index (χ3n) is 14.7. The van der Waals surface area contributed by atoms with Gasteiger partial charge < -0.3 is 14.2 Å². The number of hydrogen-bond donors (Lipinski definition) is 0. The summed E-state index contributed by atoms with van der Waals surface area (Å²) >= 11 is 0. The third kappa shape index (κ3) is 57.3. The molecule has 0 rings (SSSR count). The summed E-state index contributed by atoms with van der Waals surface area (Å²) in [4.78, 5) is 38.3. The molecule has 0 bridgehead atoms. The van der Waals surface area contributed by atoms with Crippen LogP contribution in [0.25, 0.3) is 0 Å². The first kappa shape index (κ1) is 68.4. The highest BCUT2D eigenvalue weighted by Gasteiger charge is 2.19. The molecule has 0 aliphatic rings. The third-order valence-corrected chi connectivity index (χ3v) is 14.7. The molecular formula is C64H124O6. The van der Waals surface area contributed by atoms with Crippen LogP contribution in [0.5, 0.6) is 0 Å². The summed E-state index contributed by atoms with van der Waals surface area (Å²) < 4.78 is 17.0. The van der Waals surface area contributed by atoms with Crippen LogP contribution < -0.4 is 0 Å². The molecule has 1 atom stereocenters. The van der Waals surface area contributed by atoms with Crippen molar-refractivity contribution in [1.29, 1.82) is 0 Å². The van der Waals surface area contributed by atoms with Gasteiger partial charge in [0.15, 0.2) is 6.10 Å². The van der Waals surface area contributed by atoms with Crippen molar-refractivity contribution in [3.8, 4) is 0 Å². The van der Waals surface area contributed by atoms with Crippen LogP contribution in [0.3, 0.4) is 0 Å². The van der Waals surface area contributed by atoms with Gasteiger partial charge in [-0.15, -0.1) is 0 Å². The highest BCUT2D eigenvalue weighted by Crippen LogP contribution is 2.19. The Kier molecular flexibility index (Phi) is 55.4. The maximum atomic E-state index is 12.9. The zero-order valence-corrected chi connectivity index (χ0v) is 48.2. The molecule has 6 heteroatoms. The number of ether oxygens (including phenoxy) is 3. The molecule has 0 radical (unpaired) electrons. The predicted molar refractivity (Wildman–Crippen MR) is 303 cm³/mol. The normalized spacial score (nSPS) is 12.0. The molecule has 0 aliphatic carbocycles. The average Bonchev–Trinajstić information content (AvgIpc) is 3.33. The molecule has 70 heavy (non-hydrogen) atoms. The molecule has 0 amide bonds. The van der Waals surface area contributed by atoms with E-state index in [0.717, 1.165) is 69.6 Å². The van der Waals surface area contributed by atoms with Crippen LogP contribution in [0.15, 0.2) is 0 Å². The first-order chi connectivity index (χ1) is 34.2. The summed E-state index contributed by atoms with van der Waals surface area (Å²) in [6.07, 6.45) is 62.5. The Hall–Kier alpha value is -1.59. The number of carbonyl (C=O) groups excluding carboxylic acids is 3. The number of rotatable bonds is 58. The van der Waals surface area contributed by atoms with Gasteiger partial charge in [-0.05, 0) is 31.1 Å². The van der Waals surface area contributed by atoms with Crippen LogP contribution >= 0.6 is 0 Å². The molecule has 0 aliphatic heterocycles. The van der Waals surface area contributed by atoms with E-state index in [2.05, 4.69) is 34.6 Å². The van der Waals surface area contributed by atoms with Crippen molar-refractivity contribution in [2.24, 2.45) is 11.8 Å². The van der Waals surface area contributed by atoms with Crippen LogP contribution in [0.1, 0.15) is 362 Å². The molecule has 6 nitrogen and oxygen atoms in total. The quantitative estimate of drug-likeness (QED) is 0.0343. The fraction of sp³-hybridized carbons (Fsp3) is 0.953. The lowest BCUT2D eigenvalue weighted by Crippen LogP contribution is -2.30. The molecule has 0 aromatic rings. The van der Waals surface area contributed by atoms with Crippen molar-refractivity contribution in [3.63, 3.8) is 0 Å². The average molecular weight is 990 g/mol. The lowest BCUT2D eigenvalue weighted by molar-refractivity contribution is -0.167. The van der Waals surface area contributed by atoms with Crippen molar-refractivity contribution >= 4 is 17.9 Å². The summed E-state index contributed by atoms with van der Waals surface area (Å²) in [6, 6.07) is 0. The summed E-state index contributed by atoms with van der Waals surface area (Å²) in [7, 11) is 0. The molecule has 0 saturated heterocycles. The van der Waals surface area contributed by atoms with Crippen molar-refractivity contribution in [1.82, 2.24) is 0 Å². The molecule has 0 N–H and O–H groups in total. The Bertz CT molecular complexity index is 1070. The number of hydrogen-bond acceptors (Lipinski definition) is 6. The van der Waals surface area contributed by atoms with E-state index in [0.29, 0.717) is 19.3 Å². The molecule has 0 aromatic carbocycles. The van der Waals surface area contributed by atoms with Crippen molar-refractivity contribution in [2.45, 2.75) is 368 Å². The zero-order chi connectivity index (χ0) is 51.1. The SMILES string of the molecule is CCCCCCCCCCCCCCCCCCC(=O)OC[C@@H](COC(=O)CCCCCCCCCCCCCCC(C)C)OC(=O)CCCCCCCCCCCCCCCCCCCCC(C)C. The summed E-state index contributed by atoms with van der Waals surface area (Å²) in [5.74, 6) is 0.860. The van der Waals surface area contributed by atoms with Gasteiger partial charge in [0.2, 0.25) is 0 Å². The zero-order valence-electron chi connectivity index (χ0n) is 48.2. The van der Waals surface area contributed by atoms with Crippen molar-refractivity contribution in [3.05, 3.63) is 0 Å². The summed E-state index contributed by atoms with van der Waals surface area (Å²) in [6.45, 7) is 11.5. The minimum atomic E-state index is -0.763. The van der Waals surface area contributed by atoms with Crippen LogP contribution in [0, 0.1) is 11.8 Å². The number of esters is 3. The maximum absolute atomic E-state index is 12.9.